The maximum atomic E-state index is 14.7. The number of nitrogens with zero attached hydrogens (tertiary/aromatic N) is 2. The van der Waals surface area contributed by atoms with Crippen LogP contribution in [-0.4, -0.2) is 59.9 Å². The first-order chi connectivity index (χ1) is 19.2. The Balaban J connectivity index is 1.71. The third kappa shape index (κ3) is 7.78. The highest BCUT2D eigenvalue weighted by Crippen LogP contribution is 2.38. The maximum Gasteiger partial charge on any atom is 0.336 e. The molecule has 0 fully saturated rings. The number of carbonyl (C=O) groups excluding carboxylic acids is 3. The van der Waals surface area contributed by atoms with Gasteiger partial charge in [-0.3, -0.25) is 9.59 Å². The molecule has 2 aromatic rings. The lowest BCUT2D eigenvalue weighted by Crippen LogP contribution is -2.38. The first-order valence-electron chi connectivity index (χ1n) is 14.2. The largest absolute Gasteiger partial charge is 0.463 e. The van der Waals surface area contributed by atoms with Gasteiger partial charge in [0.05, 0.1) is 18.7 Å². The summed E-state index contributed by atoms with van der Waals surface area (Å²) in [6, 6.07) is 13.4. The van der Waals surface area contributed by atoms with E-state index in [-0.39, 0.29) is 43.0 Å². The third-order valence-corrected chi connectivity index (χ3v) is 7.54. The lowest BCUT2D eigenvalue weighted by atomic mass is 9.83. The number of halogens is 1. The predicted octanol–water partition coefficient (Wildman–Crippen LogP) is 5.42. The number of ether oxygens (including phenoxy) is 1. The van der Waals surface area contributed by atoms with Crippen molar-refractivity contribution >= 4 is 17.8 Å². The van der Waals surface area contributed by atoms with Crippen molar-refractivity contribution in [1.82, 2.24) is 15.1 Å². The Labute approximate surface area is 237 Å². The van der Waals surface area contributed by atoms with Crippen molar-refractivity contribution in [1.29, 1.82) is 0 Å². The summed E-state index contributed by atoms with van der Waals surface area (Å²) in [6.07, 6.45) is 1.88. The molecule has 0 saturated heterocycles. The molecule has 2 aromatic carbocycles. The molecule has 3 rings (SSSR count). The second-order valence-corrected chi connectivity index (χ2v) is 10.2. The topological polar surface area (TPSA) is 79.0 Å². The zero-order valence-electron chi connectivity index (χ0n) is 24.3. The Bertz CT molecular complexity index is 1210. The Kier molecular flexibility index (Phi) is 11.4. The van der Waals surface area contributed by atoms with E-state index in [2.05, 4.69) is 24.1 Å². The SMILES string of the molecule is CCOC(=O)C1=C(C)N(Cc2ccc(C(=O)NC(C)CCCN(CC)CC)cc2)C(=O)CC1c1ccccc1F. The molecular formula is C32H42FN3O4. The van der Waals surface area contributed by atoms with Gasteiger partial charge in [-0.1, -0.05) is 44.2 Å². The number of hydrogen-bond acceptors (Lipinski definition) is 5. The molecule has 1 aliphatic heterocycles. The second-order valence-electron chi connectivity index (χ2n) is 10.2. The summed E-state index contributed by atoms with van der Waals surface area (Å²) in [7, 11) is 0. The summed E-state index contributed by atoms with van der Waals surface area (Å²) in [4.78, 5) is 42.9. The minimum absolute atomic E-state index is 0.0426. The first kappa shape index (κ1) is 31.0. The van der Waals surface area contributed by atoms with E-state index < -0.39 is 17.7 Å². The fourth-order valence-corrected chi connectivity index (χ4v) is 5.18. The molecule has 0 saturated carbocycles. The van der Waals surface area contributed by atoms with Crippen molar-refractivity contribution in [2.75, 3.05) is 26.2 Å². The fraction of sp³-hybridized carbons (Fsp3) is 0.469. The van der Waals surface area contributed by atoms with Gasteiger partial charge >= 0.3 is 5.97 Å². The number of esters is 1. The van der Waals surface area contributed by atoms with Crippen molar-refractivity contribution in [2.45, 2.75) is 72.4 Å². The van der Waals surface area contributed by atoms with Crippen LogP contribution in [0.25, 0.3) is 0 Å². The molecule has 1 N–H and O–H groups in total. The van der Waals surface area contributed by atoms with Crippen LogP contribution in [0.1, 0.15) is 81.3 Å². The van der Waals surface area contributed by atoms with Crippen molar-refractivity contribution in [3.8, 4) is 0 Å². The highest BCUT2D eigenvalue weighted by Gasteiger charge is 2.38. The van der Waals surface area contributed by atoms with Crippen molar-refractivity contribution in [3.63, 3.8) is 0 Å². The average Bonchev–Trinajstić information content (AvgIpc) is 2.93. The summed E-state index contributed by atoms with van der Waals surface area (Å²) in [5.41, 5.74) is 2.39. The number of benzene rings is 2. The molecule has 40 heavy (non-hydrogen) atoms. The van der Waals surface area contributed by atoms with Crippen molar-refractivity contribution < 1.29 is 23.5 Å². The molecule has 0 spiro atoms. The van der Waals surface area contributed by atoms with Gasteiger partial charge in [0, 0.05) is 29.6 Å². The van der Waals surface area contributed by atoms with Gasteiger partial charge < -0.3 is 19.9 Å². The highest BCUT2D eigenvalue weighted by atomic mass is 19.1. The maximum absolute atomic E-state index is 14.7. The van der Waals surface area contributed by atoms with Crippen LogP contribution in [0.2, 0.25) is 0 Å². The van der Waals surface area contributed by atoms with Crippen LogP contribution in [-0.2, 0) is 20.9 Å². The quantitative estimate of drug-likeness (QED) is 0.337. The molecule has 1 aliphatic rings. The lowest BCUT2D eigenvalue weighted by Gasteiger charge is -2.34. The number of amides is 2. The number of nitrogens with one attached hydrogen (secondary N) is 1. The summed E-state index contributed by atoms with van der Waals surface area (Å²) in [5, 5.41) is 3.06. The Morgan fingerprint density at radius 1 is 1.10 bits per heavy atom. The fourth-order valence-electron chi connectivity index (χ4n) is 5.18. The van der Waals surface area contributed by atoms with Gasteiger partial charge in [-0.2, -0.15) is 0 Å². The zero-order chi connectivity index (χ0) is 29.2. The van der Waals surface area contributed by atoms with Gasteiger partial charge in [-0.05, 0) is 82.6 Å². The van der Waals surface area contributed by atoms with Crippen molar-refractivity contribution in [3.05, 3.63) is 82.3 Å². The van der Waals surface area contributed by atoms with Crippen LogP contribution in [0.5, 0.6) is 0 Å². The molecule has 0 aliphatic carbocycles. The second kappa shape index (κ2) is 14.7. The third-order valence-electron chi connectivity index (χ3n) is 7.54. The lowest BCUT2D eigenvalue weighted by molar-refractivity contribution is -0.140. The normalized spacial score (nSPS) is 16.3. The molecule has 2 amide bonds. The van der Waals surface area contributed by atoms with Gasteiger partial charge in [-0.15, -0.1) is 0 Å². The van der Waals surface area contributed by atoms with E-state index in [1.165, 1.54) is 11.0 Å². The zero-order valence-corrected chi connectivity index (χ0v) is 24.3. The van der Waals surface area contributed by atoms with Crippen LogP contribution >= 0.6 is 0 Å². The Morgan fingerprint density at radius 2 is 1.77 bits per heavy atom. The van der Waals surface area contributed by atoms with Crippen LogP contribution in [0.15, 0.2) is 59.8 Å². The molecule has 2 atom stereocenters. The minimum Gasteiger partial charge on any atom is -0.463 e. The number of hydrogen-bond donors (Lipinski definition) is 1. The van der Waals surface area contributed by atoms with Crippen LogP contribution in [0.3, 0.4) is 0 Å². The van der Waals surface area contributed by atoms with Crippen LogP contribution in [0.4, 0.5) is 4.39 Å². The summed E-state index contributed by atoms with van der Waals surface area (Å²) in [5.74, 6) is -2.08. The molecular weight excluding hydrogens is 509 g/mol. The summed E-state index contributed by atoms with van der Waals surface area (Å²) >= 11 is 0. The molecule has 0 aromatic heterocycles. The van der Waals surface area contributed by atoms with E-state index in [1.807, 2.05) is 19.1 Å². The smallest absolute Gasteiger partial charge is 0.336 e. The average molecular weight is 552 g/mol. The van der Waals surface area contributed by atoms with E-state index in [4.69, 9.17) is 4.74 Å². The van der Waals surface area contributed by atoms with E-state index in [0.29, 0.717) is 16.8 Å². The summed E-state index contributed by atoms with van der Waals surface area (Å²) in [6.45, 7) is 13.2. The monoisotopic (exact) mass is 551 g/mol. The molecule has 2 unspecified atom stereocenters. The van der Waals surface area contributed by atoms with Crippen molar-refractivity contribution in [2.24, 2.45) is 0 Å². The minimum atomic E-state index is -0.718. The highest BCUT2D eigenvalue weighted by molar-refractivity contribution is 5.96. The summed E-state index contributed by atoms with van der Waals surface area (Å²) < 4.78 is 20.0. The van der Waals surface area contributed by atoms with E-state index in [1.54, 1.807) is 44.2 Å². The van der Waals surface area contributed by atoms with E-state index >= 15 is 0 Å². The Morgan fingerprint density at radius 3 is 2.40 bits per heavy atom. The molecule has 0 bridgehead atoms. The molecule has 0 radical (unpaired) electrons. The van der Waals surface area contributed by atoms with Gasteiger partial charge in [0.1, 0.15) is 5.82 Å². The van der Waals surface area contributed by atoms with Gasteiger partial charge in [-0.25, -0.2) is 9.18 Å². The number of allylic oxidation sites excluding steroid dienone is 1. The Hall–Kier alpha value is -3.52. The van der Waals surface area contributed by atoms with E-state index in [9.17, 15) is 18.8 Å². The van der Waals surface area contributed by atoms with Gasteiger partial charge in [0.2, 0.25) is 5.91 Å². The van der Waals surface area contributed by atoms with Crippen LogP contribution in [0, 0.1) is 5.82 Å². The van der Waals surface area contributed by atoms with Gasteiger partial charge in [0.15, 0.2) is 0 Å². The first-order valence-corrected chi connectivity index (χ1v) is 14.2. The number of carbonyl (C=O) groups is 3. The van der Waals surface area contributed by atoms with E-state index in [0.717, 1.165) is 38.0 Å². The van der Waals surface area contributed by atoms with Gasteiger partial charge in [0.25, 0.3) is 5.91 Å². The number of rotatable bonds is 13. The molecule has 216 valence electrons. The molecule has 1 heterocycles. The van der Waals surface area contributed by atoms with Crippen LogP contribution < -0.4 is 5.32 Å². The molecule has 8 heteroatoms. The molecule has 7 nitrogen and oxygen atoms in total. The standard InChI is InChI=1S/C32H42FN3O4/c1-6-35(7-2)19-11-12-22(4)34-31(38)25-17-15-24(16-18-25)21-36-23(5)30(32(39)40-8-3)27(20-29(36)37)26-13-9-10-14-28(26)33/h9-10,13-18,22,27H,6-8,11-12,19-21H2,1-5H3,(H,34,38). The predicted molar refractivity (Wildman–Crippen MR) is 154 cm³/mol.